The molecule has 146 valence electrons. The van der Waals surface area contributed by atoms with Crippen LogP contribution in [-0.2, 0) is 13.5 Å². The second-order valence-electron chi connectivity index (χ2n) is 6.78. The Morgan fingerprint density at radius 3 is 2.83 bits per heavy atom. The van der Waals surface area contributed by atoms with Gasteiger partial charge in [0.25, 0.3) is 11.5 Å². The molecule has 0 aliphatic carbocycles. The quantitative estimate of drug-likeness (QED) is 0.512. The van der Waals surface area contributed by atoms with E-state index in [1.807, 2.05) is 49.4 Å². The predicted octanol–water partition coefficient (Wildman–Crippen LogP) is 4.80. The summed E-state index contributed by atoms with van der Waals surface area (Å²) in [7, 11) is 1.69. The van der Waals surface area contributed by atoms with Gasteiger partial charge >= 0.3 is 0 Å². The van der Waals surface area contributed by atoms with Crippen molar-refractivity contribution in [3.8, 4) is 0 Å². The molecule has 0 spiro atoms. The monoisotopic (exact) mass is 423 g/mol. The van der Waals surface area contributed by atoms with E-state index in [-0.39, 0.29) is 11.5 Å². The van der Waals surface area contributed by atoms with Crippen molar-refractivity contribution in [2.45, 2.75) is 13.3 Å². The molecule has 2 aromatic carbocycles. The molecule has 7 heteroatoms. The molecule has 29 heavy (non-hydrogen) atoms. The van der Waals surface area contributed by atoms with Crippen molar-refractivity contribution in [2.75, 3.05) is 5.32 Å². The first-order chi connectivity index (χ1) is 13.9. The fraction of sp³-hybridized carbons (Fsp3) is 0.136. The van der Waals surface area contributed by atoms with Gasteiger partial charge in [-0.05, 0) is 24.1 Å². The number of pyridine rings is 1. The summed E-state index contributed by atoms with van der Waals surface area (Å²) >= 11 is 7.77. The van der Waals surface area contributed by atoms with Gasteiger partial charge in [-0.15, -0.1) is 11.3 Å². The van der Waals surface area contributed by atoms with Gasteiger partial charge in [0.2, 0.25) is 0 Å². The van der Waals surface area contributed by atoms with Crippen LogP contribution in [0, 0.1) is 6.92 Å². The van der Waals surface area contributed by atoms with Crippen LogP contribution in [0.4, 0.5) is 5.13 Å². The van der Waals surface area contributed by atoms with Crippen molar-refractivity contribution in [3.05, 3.63) is 91.7 Å². The number of aryl methyl sites for hydroxylation is 2. The highest BCUT2D eigenvalue weighted by Crippen LogP contribution is 2.27. The molecule has 0 atom stereocenters. The number of hydrogen-bond donors (Lipinski definition) is 1. The lowest BCUT2D eigenvalue weighted by molar-refractivity contribution is 0.102. The lowest BCUT2D eigenvalue weighted by atomic mass is 10.1. The maximum atomic E-state index is 12.8. The van der Waals surface area contributed by atoms with Gasteiger partial charge in [0.1, 0.15) is 0 Å². The van der Waals surface area contributed by atoms with Crippen LogP contribution >= 0.6 is 22.9 Å². The van der Waals surface area contributed by atoms with Gasteiger partial charge in [-0.25, -0.2) is 4.98 Å². The molecule has 5 nitrogen and oxygen atoms in total. The van der Waals surface area contributed by atoms with Gasteiger partial charge in [0, 0.05) is 41.0 Å². The minimum Gasteiger partial charge on any atom is -0.311 e. The molecular weight excluding hydrogens is 406 g/mol. The molecule has 0 saturated carbocycles. The molecule has 0 bridgehead atoms. The molecule has 4 rings (SSSR count). The molecule has 1 N–H and O–H groups in total. The van der Waals surface area contributed by atoms with Gasteiger partial charge in [-0.2, -0.15) is 0 Å². The van der Waals surface area contributed by atoms with Crippen LogP contribution in [0.3, 0.4) is 0 Å². The molecule has 0 aliphatic rings. The Bertz CT molecular complexity index is 1290. The lowest BCUT2D eigenvalue weighted by Gasteiger charge is -2.09. The van der Waals surface area contributed by atoms with E-state index >= 15 is 0 Å². The number of para-hydroxylation sites is 1. The third-order valence-electron chi connectivity index (χ3n) is 4.81. The summed E-state index contributed by atoms with van der Waals surface area (Å²) in [6.07, 6.45) is 2.38. The summed E-state index contributed by atoms with van der Waals surface area (Å²) in [4.78, 5) is 30.4. The van der Waals surface area contributed by atoms with Crippen LogP contribution in [0.1, 0.15) is 26.4 Å². The SMILES string of the molecule is Cc1cccc(Cc2cnc(NC(=O)c3cc(=O)n(C)c4ccccc34)s2)c1Cl. The zero-order chi connectivity index (χ0) is 20.5. The Balaban J connectivity index is 1.59. The van der Waals surface area contributed by atoms with E-state index < -0.39 is 0 Å². The van der Waals surface area contributed by atoms with Crippen LogP contribution < -0.4 is 10.9 Å². The van der Waals surface area contributed by atoms with E-state index in [9.17, 15) is 9.59 Å². The maximum absolute atomic E-state index is 12.8. The van der Waals surface area contributed by atoms with E-state index in [2.05, 4.69) is 10.3 Å². The van der Waals surface area contributed by atoms with Crippen molar-refractivity contribution in [2.24, 2.45) is 7.05 Å². The molecule has 2 aromatic heterocycles. The molecular formula is C22H18ClN3O2S. The number of hydrogen-bond acceptors (Lipinski definition) is 4. The van der Waals surface area contributed by atoms with E-state index in [1.165, 1.54) is 22.0 Å². The number of nitrogens with one attached hydrogen (secondary N) is 1. The Morgan fingerprint density at radius 1 is 1.21 bits per heavy atom. The molecule has 0 unspecified atom stereocenters. The molecule has 0 radical (unpaired) electrons. The minimum absolute atomic E-state index is 0.234. The van der Waals surface area contributed by atoms with E-state index in [4.69, 9.17) is 11.6 Å². The fourth-order valence-corrected chi connectivity index (χ4v) is 4.27. The van der Waals surface area contributed by atoms with Crippen molar-refractivity contribution in [3.63, 3.8) is 0 Å². The smallest absolute Gasteiger partial charge is 0.258 e. The Hall–Kier alpha value is -2.96. The first kappa shape index (κ1) is 19.4. The fourth-order valence-electron chi connectivity index (χ4n) is 3.24. The molecule has 1 amide bonds. The second kappa shape index (κ2) is 7.81. The first-order valence-electron chi connectivity index (χ1n) is 9.03. The first-order valence-corrected chi connectivity index (χ1v) is 10.2. The average Bonchev–Trinajstić information content (AvgIpc) is 3.15. The lowest BCUT2D eigenvalue weighted by Crippen LogP contribution is -2.21. The normalized spacial score (nSPS) is 11.0. The largest absolute Gasteiger partial charge is 0.311 e. The van der Waals surface area contributed by atoms with Crippen molar-refractivity contribution in [1.29, 1.82) is 0 Å². The second-order valence-corrected chi connectivity index (χ2v) is 8.28. The molecule has 4 aromatic rings. The van der Waals surface area contributed by atoms with Crippen LogP contribution in [0.5, 0.6) is 0 Å². The Morgan fingerprint density at radius 2 is 2.00 bits per heavy atom. The van der Waals surface area contributed by atoms with Gasteiger partial charge in [0.15, 0.2) is 5.13 Å². The van der Waals surface area contributed by atoms with Crippen LogP contribution in [0.25, 0.3) is 10.9 Å². The summed E-state index contributed by atoms with van der Waals surface area (Å²) in [6.45, 7) is 1.97. The third kappa shape index (κ3) is 3.81. The standard InChI is InChI=1S/C22H18ClN3O2S/c1-13-6-5-7-14(20(13)23)10-15-12-24-22(29-15)25-21(28)17-11-19(27)26(2)18-9-4-3-8-16(17)18/h3-9,11-12H,10H2,1-2H3,(H,24,25,28). The number of halogens is 1. The van der Waals surface area contributed by atoms with Crippen molar-refractivity contribution >= 4 is 44.9 Å². The Kier molecular flexibility index (Phi) is 5.22. The van der Waals surface area contributed by atoms with Crippen molar-refractivity contribution < 1.29 is 4.79 Å². The number of anilines is 1. The van der Waals surface area contributed by atoms with Crippen LogP contribution in [-0.4, -0.2) is 15.5 Å². The summed E-state index contributed by atoms with van der Waals surface area (Å²) in [5.74, 6) is -0.353. The highest BCUT2D eigenvalue weighted by Gasteiger charge is 2.15. The van der Waals surface area contributed by atoms with Gasteiger partial charge in [-0.1, -0.05) is 48.0 Å². The Labute approximate surface area is 176 Å². The summed E-state index contributed by atoms with van der Waals surface area (Å²) in [6, 6.07) is 14.6. The third-order valence-corrected chi connectivity index (χ3v) is 6.26. The number of nitrogens with zero attached hydrogens (tertiary/aromatic N) is 2. The average molecular weight is 424 g/mol. The molecule has 0 aliphatic heterocycles. The number of aromatic nitrogens is 2. The zero-order valence-electron chi connectivity index (χ0n) is 15.9. The summed E-state index contributed by atoms with van der Waals surface area (Å²) in [5.41, 5.74) is 2.86. The number of carbonyl (C=O) groups excluding carboxylic acids is 1. The predicted molar refractivity (Wildman–Crippen MR) is 118 cm³/mol. The van der Waals surface area contributed by atoms with E-state index in [1.54, 1.807) is 13.2 Å². The van der Waals surface area contributed by atoms with E-state index in [0.717, 1.165) is 26.4 Å². The molecule has 0 fully saturated rings. The van der Waals surface area contributed by atoms with Crippen LogP contribution in [0.2, 0.25) is 5.02 Å². The van der Waals surface area contributed by atoms with E-state index in [0.29, 0.717) is 22.6 Å². The van der Waals surface area contributed by atoms with Gasteiger partial charge in [0.05, 0.1) is 11.1 Å². The number of carbonyl (C=O) groups is 1. The number of amides is 1. The summed E-state index contributed by atoms with van der Waals surface area (Å²) < 4.78 is 1.53. The maximum Gasteiger partial charge on any atom is 0.258 e. The van der Waals surface area contributed by atoms with Crippen molar-refractivity contribution in [1.82, 2.24) is 9.55 Å². The van der Waals surface area contributed by atoms with Gasteiger partial charge in [-0.3, -0.25) is 14.9 Å². The topological polar surface area (TPSA) is 64.0 Å². The highest BCUT2D eigenvalue weighted by atomic mass is 35.5. The highest BCUT2D eigenvalue weighted by molar-refractivity contribution is 7.15. The minimum atomic E-state index is -0.353. The van der Waals surface area contributed by atoms with Crippen LogP contribution in [0.15, 0.2) is 59.5 Å². The number of fused-ring (bicyclic) bond motifs is 1. The number of benzene rings is 2. The number of rotatable bonds is 4. The van der Waals surface area contributed by atoms with Gasteiger partial charge < -0.3 is 4.57 Å². The molecule has 0 saturated heterocycles. The summed E-state index contributed by atoms with van der Waals surface area (Å²) in [5, 5.41) is 4.77. The number of thiazole rings is 1. The molecule has 2 heterocycles. The zero-order valence-corrected chi connectivity index (χ0v) is 17.5.